The van der Waals surface area contributed by atoms with E-state index in [0.717, 1.165) is 70.2 Å². The quantitative estimate of drug-likeness (QED) is 0.649. The highest BCUT2D eigenvalue weighted by atomic mass is 16.2. The van der Waals surface area contributed by atoms with Crippen molar-refractivity contribution in [2.45, 2.75) is 32.5 Å². The monoisotopic (exact) mass is 389 g/mol. The Kier molecular flexibility index (Phi) is 4.94. The van der Waals surface area contributed by atoms with Crippen LogP contribution in [-0.4, -0.2) is 51.6 Å². The molecule has 3 heterocycles. The average Bonchev–Trinajstić information content (AvgIpc) is 3.33. The molecule has 1 saturated heterocycles. The van der Waals surface area contributed by atoms with E-state index in [-0.39, 0.29) is 0 Å². The van der Waals surface area contributed by atoms with E-state index in [1.165, 1.54) is 11.1 Å². The molecule has 6 heteroatoms. The lowest BCUT2D eigenvalue weighted by Crippen LogP contribution is -2.45. The number of para-hydroxylation sites is 2. The summed E-state index contributed by atoms with van der Waals surface area (Å²) in [5.74, 6) is 1.36. The van der Waals surface area contributed by atoms with E-state index in [1.54, 1.807) is 0 Å². The lowest BCUT2D eigenvalue weighted by molar-refractivity contribution is -0.127. The molecule has 1 fully saturated rings. The molecule has 2 aliphatic heterocycles. The predicted molar refractivity (Wildman–Crippen MR) is 114 cm³/mol. The van der Waals surface area contributed by atoms with Crippen LogP contribution < -0.4 is 4.90 Å². The molecule has 0 N–H and O–H groups in total. The first-order chi connectivity index (χ1) is 14.3. The fourth-order valence-corrected chi connectivity index (χ4v) is 4.48. The van der Waals surface area contributed by atoms with Crippen LogP contribution in [0.2, 0.25) is 0 Å². The summed E-state index contributed by atoms with van der Waals surface area (Å²) >= 11 is 0. The number of benzene rings is 2. The van der Waals surface area contributed by atoms with E-state index in [0.29, 0.717) is 5.91 Å². The van der Waals surface area contributed by atoms with Crippen LogP contribution in [0.1, 0.15) is 24.8 Å². The van der Waals surface area contributed by atoms with Crippen LogP contribution in [0, 0.1) is 0 Å². The summed E-state index contributed by atoms with van der Waals surface area (Å²) in [5.41, 5.74) is 3.51. The molecule has 2 aliphatic rings. The van der Waals surface area contributed by atoms with Crippen molar-refractivity contribution in [2.24, 2.45) is 0 Å². The van der Waals surface area contributed by atoms with E-state index in [4.69, 9.17) is 4.98 Å². The smallest absolute Gasteiger partial charge is 0.222 e. The zero-order valence-corrected chi connectivity index (χ0v) is 16.7. The zero-order valence-electron chi connectivity index (χ0n) is 16.7. The number of carbonyl (C=O) groups excluding carboxylic acids is 1. The summed E-state index contributed by atoms with van der Waals surface area (Å²) < 4.78 is 2.32. The van der Waals surface area contributed by atoms with Crippen molar-refractivity contribution in [1.82, 2.24) is 19.4 Å². The molecule has 0 radical (unpaired) electrons. The number of amides is 1. The van der Waals surface area contributed by atoms with Gasteiger partial charge in [-0.25, -0.2) is 4.98 Å². The molecule has 150 valence electrons. The maximum Gasteiger partial charge on any atom is 0.222 e. The third-order valence-electron chi connectivity index (χ3n) is 5.92. The topological polar surface area (TPSA) is 44.6 Å². The van der Waals surface area contributed by atoms with Crippen LogP contribution in [-0.2, 0) is 18.0 Å². The third kappa shape index (κ3) is 3.72. The SMILES string of the molecule is O=C1CCCN1CCCN1CN(Cc2ccccc2)c2nc3ccccc3n2C1. The van der Waals surface area contributed by atoms with Gasteiger partial charge in [0.15, 0.2) is 0 Å². The number of hydrogen-bond donors (Lipinski definition) is 0. The maximum absolute atomic E-state index is 11.9. The molecule has 2 aromatic carbocycles. The minimum absolute atomic E-state index is 0.317. The van der Waals surface area contributed by atoms with Crippen molar-refractivity contribution in [3.05, 3.63) is 60.2 Å². The molecule has 0 atom stereocenters. The molecule has 0 bridgehead atoms. The van der Waals surface area contributed by atoms with Gasteiger partial charge in [-0.1, -0.05) is 42.5 Å². The number of imidazole rings is 1. The van der Waals surface area contributed by atoms with E-state index < -0.39 is 0 Å². The fourth-order valence-electron chi connectivity index (χ4n) is 4.48. The van der Waals surface area contributed by atoms with Crippen molar-refractivity contribution in [3.8, 4) is 0 Å². The van der Waals surface area contributed by atoms with E-state index in [2.05, 4.69) is 62.9 Å². The lowest BCUT2D eigenvalue weighted by Gasteiger charge is -2.37. The average molecular weight is 390 g/mol. The summed E-state index contributed by atoms with van der Waals surface area (Å²) in [4.78, 5) is 23.6. The third-order valence-corrected chi connectivity index (χ3v) is 5.92. The van der Waals surface area contributed by atoms with Crippen molar-refractivity contribution >= 4 is 22.9 Å². The highest BCUT2D eigenvalue weighted by Gasteiger charge is 2.26. The largest absolute Gasteiger partial charge is 0.343 e. The van der Waals surface area contributed by atoms with Gasteiger partial charge in [-0.3, -0.25) is 14.3 Å². The Morgan fingerprint density at radius 2 is 1.72 bits per heavy atom. The Balaban J connectivity index is 1.35. The van der Waals surface area contributed by atoms with Gasteiger partial charge in [0.05, 0.1) is 24.4 Å². The molecule has 0 spiro atoms. The second kappa shape index (κ2) is 7.87. The number of hydrogen-bond acceptors (Lipinski definition) is 4. The van der Waals surface area contributed by atoms with Gasteiger partial charge in [-0.2, -0.15) is 0 Å². The van der Waals surface area contributed by atoms with Crippen LogP contribution in [0.4, 0.5) is 5.95 Å². The Morgan fingerprint density at radius 3 is 2.55 bits per heavy atom. The Bertz CT molecular complexity index is 999. The lowest BCUT2D eigenvalue weighted by atomic mass is 10.2. The first kappa shape index (κ1) is 18.2. The first-order valence-electron chi connectivity index (χ1n) is 10.5. The number of likely N-dealkylation sites (tertiary alicyclic amines) is 1. The Labute approximate surface area is 171 Å². The highest BCUT2D eigenvalue weighted by molar-refractivity contribution is 5.79. The van der Waals surface area contributed by atoms with Gasteiger partial charge in [-0.05, 0) is 30.5 Å². The van der Waals surface area contributed by atoms with Gasteiger partial charge < -0.3 is 9.80 Å². The number of carbonyl (C=O) groups is 1. The zero-order chi connectivity index (χ0) is 19.6. The molecule has 5 rings (SSSR count). The van der Waals surface area contributed by atoms with Gasteiger partial charge in [-0.15, -0.1) is 0 Å². The van der Waals surface area contributed by atoms with Crippen LogP contribution in [0.15, 0.2) is 54.6 Å². The minimum Gasteiger partial charge on any atom is -0.343 e. The summed E-state index contributed by atoms with van der Waals surface area (Å²) in [7, 11) is 0. The van der Waals surface area contributed by atoms with E-state index in [1.807, 2.05) is 11.0 Å². The Hall–Kier alpha value is -2.86. The maximum atomic E-state index is 11.9. The molecule has 1 aromatic heterocycles. The van der Waals surface area contributed by atoms with Crippen molar-refractivity contribution in [2.75, 3.05) is 31.2 Å². The van der Waals surface area contributed by atoms with Gasteiger partial charge in [0, 0.05) is 32.6 Å². The van der Waals surface area contributed by atoms with E-state index in [9.17, 15) is 4.79 Å². The summed E-state index contributed by atoms with van der Waals surface area (Å²) in [6, 6.07) is 18.9. The molecule has 0 saturated carbocycles. The van der Waals surface area contributed by atoms with Crippen LogP contribution in [0.5, 0.6) is 0 Å². The molecule has 0 unspecified atom stereocenters. The van der Waals surface area contributed by atoms with Crippen LogP contribution >= 0.6 is 0 Å². The van der Waals surface area contributed by atoms with Gasteiger partial charge in [0.25, 0.3) is 0 Å². The number of fused-ring (bicyclic) bond motifs is 3. The Morgan fingerprint density at radius 1 is 0.897 bits per heavy atom. The van der Waals surface area contributed by atoms with Crippen molar-refractivity contribution < 1.29 is 4.79 Å². The summed E-state index contributed by atoms with van der Waals surface area (Å²) in [6.45, 7) is 5.30. The number of aromatic nitrogens is 2. The summed E-state index contributed by atoms with van der Waals surface area (Å²) in [6.07, 6.45) is 2.74. The highest BCUT2D eigenvalue weighted by Crippen LogP contribution is 2.28. The van der Waals surface area contributed by atoms with Crippen molar-refractivity contribution in [1.29, 1.82) is 0 Å². The molecule has 6 nitrogen and oxygen atoms in total. The van der Waals surface area contributed by atoms with Crippen LogP contribution in [0.25, 0.3) is 11.0 Å². The van der Waals surface area contributed by atoms with Crippen molar-refractivity contribution in [3.63, 3.8) is 0 Å². The van der Waals surface area contributed by atoms with Crippen LogP contribution in [0.3, 0.4) is 0 Å². The fraction of sp³-hybridized carbons (Fsp3) is 0.391. The molecule has 3 aromatic rings. The molecular formula is C23H27N5O. The molecular weight excluding hydrogens is 362 g/mol. The minimum atomic E-state index is 0.317. The second-order valence-electron chi connectivity index (χ2n) is 8.03. The standard InChI is InChI=1S/C23H27N5O/c29-22-12-6-14-26(22)15-7-13-25-17-27(16-19-8-2-1-3-9-19)23-24-20-10-4-5-11-21(20)28(23)18-25/h1-5,8-11H,6-7,12-18H2. The normalized spacial score (nSPS) is 17.3. The van der Waals surface area contributed by atoms with Gasteiger partial charge >= 0.3 is 0 Å². The second-order valence-corrected chi connectivity index (χ2v) is 8.03. The summed E-state index contributed by atoms with van der Waals surface area (Å²) in [5, 5.41) is 0. The molecule has 1 amide bonds. The number of anilines is 1. The van der Waals surface area contributed by atoms with E-state index >= 15 is 0 Å². The molecule has 29 heavy (non-hydrogen) atoms. The number of nitrogens with zero attached hydrogens (tertiary/aromatic N) is 5. The predicted octanol–water partition coefficient (Wildman–Crippen LogP) is 3.29. The van der Waals surface area contributed by atoms with Gasteiger partial charge in [0.2, 0.25) is 11.9 Å². The molecule has 0 aliphatic carbocycles. The van der Waals surface area contributed by atoms with Gasteiger partial charge in [0.1, 0.15) is 0 Å². The number of rotatable bonds is 6. The first-order valence-corrected chi connectivity index (χ1v) is 10.5.